The Morgan fingerprint density at radius 2 is 2.00 bits per heavy atom. The lowest BCUT2D eigenvalue weighted by Crippen LogP contribution is -2.37. The second kappa shape index (κ2) is 9.31. The number of nitrogens with zero attached hydrogens (tertiary/aromatic N) is 4. The Kier molecular flexibility index (Phi) is 6.22. The van der Waals surface area contributed by atoms with Gasteiger partial charge in [-0.2, -0.15) is 0 Å². The number of hydrogen-bond acceptors (Lipinski definition) is 6. The van der Waals surface area contributed by atoms with Crippen molar-refractivity contribution < 1.29 is 9.18 Å². The molecule has 0 spiro atoms. The van der Waals surface area contributed by atoms with Crippen LogP contribution >= 0.6 is 24.0 Å². The van der Waals surface area contributed by atoms with Gasteiger partial charge in [-0.3, -0.25) is 18.9 Å². The summed E-state index contributed by atoms with van der Waals surface area (Å²) in [5.41, 5.74) is 1.51. The predicted octanol–water partition coefficient (Wildman–Crippen LogP) is 4.47. The summed E-state index contributed by atoms with van der Waals surface area (Å²) in [6.45, 7) is 4.06. The van der Waals surface area contributed by atoms with Gasteiger partial charge < -0.3 is 4.90 Å². The van der Waals surface area contributed by atoms with Crippen LogP contribution in [0.15, 0.2) is 58.4 Å². The first-order valence-electron chi connectivity index (χ1n) is 11.2. The van der Waals surface area contributed by atoms with Crippen LogP contribution in [-0.4, -0.2) is 37.6 Å². The fraction of sp³-hybridized carbons (Fsp3) is 0.280. The number of anilines is 1. The molecule has 174 valence electrons. The first-order chi connectivity index (χ1) is 16.4. The number of benzene rings is 1. The zero-order valence-corrected chi connectivity index (χ0v) is 20.2. The van der Waals surface area contributed by atoms with Gasteiger partial charge >= 0.3 is 0 Å². The minimum absolute atomic E-state index is 0.220. The molecule has 2 fully saturated rings. The molecule has 1 amide bonds. The minimum atomic E-state index is -0.335. The predicted molar refractivity (Wildman–Crippen MR) is 137 cm³/mol. The highest BCUT2D eigenvalue weighted by Gasteiger charge is 2.33. The number of rotatable bonds is 4. The van der Waals surface area contributed by atoms with E-state index in [-0.39, 0.29) is 23.8 Å². The van der Waals surface area contributed by atoms with Crippen molar-refractivity contribution in [3.63, 3.8) is 0 Å². The average molecular weight is 495 g/mol. The van der Waals surface area contributed by atoms with Gasteiger partial charge in [0.1, 0.15) is 21.6 Å². The highest BCUT2D eigenvalue weighted by Crippen LogP contribution is 2.35. The number of fused-ring (bicyclic) bond motifs is 1. The third-order valence-electron chi connectivity index (χ3n) is 6.11. The Bertz CT molecular complexity index is 1370. The van der Waals surface area contributed by atoms with E-state index in [1.165, 1.54) is 33.2 Å². The van der Waals surface area contributed by atoms with Crippen molar-refractivity contribution in [2.75, 3.05) is 18.0 Å². The fourth-order valence-corrected chi connectivity index (χ4v) is 5.62. The Morgan fingerprint density at radius 3 is 2.76 bits per heavy atom. The lowest BCUT2D eigenvalue weighted by molar-refractivity contribution is -0.122. The molecule has 9 heteroatoms. The topological polar surface area (TPSA) is 57.9 Å². The molecule has 1 aromatic carbocycles. The Morgan fingerprint density at radius 1 is 1.21 bits per heavy atom. The molecule has 2 aromatic heterocycles. The number of piperidine rings is 1. The fourth-order valence-electron chi connectivity index (χ4n) is 4.38. The summed E-state index contributed by atoms with van der Waals surface area (Å²) in [7, 11) is 0. The maximum absolute atomic E-state index is 13.5. The van der Waals surface area contributed by atoms with E-state index in [9.17, 15) is 14.0 Å². The summed E-state index contributed by atoms with van der Waals surface area (Å²) in [5, 5.41) is 0. The molecule has 5 rings (SSSR count). The normalized spacial score (nSPS) is 20.1. The number of thiocarbonyl (C=S) groups is 1. The average Bonchev–Trinajstić information content (AvgIpc) is 3.09. The molecule has 2 saturated heterocycles. The summed E-state index contributed by atoms with van der Waals surface area (Å²) in [6.07, 6.45) is 5.48. The molecule has 0 aliphatic carbocycles. The molecular weight excluding hydrogens is 471 g/mol. The Balaban J connectivity index is 1.55. The molecule has 2 aliphatic rings. The van der Waals surface area contributed by atoms with Crippen molar-refractivity contribution in [2.45, 2.75) is 26.3 Å². The lowest BCUT2D eigenvalue weighted by Gasteiger charge is -2.32. The standard InChI is InChI=1S/C25H23FN4O2S2/c1-16-5-4-11-28(14-16)22-19(23(31)29-12-3-2-6-21(29)27-22)13-20-24(32)30(25(33)34-20)15-17-7-9-18(26)10-8-17/h2-3,6-10,12-13,16H,4-5,11,14-15H2,1H3. The number of halogens is 1. The molecule has 4 heterocycles. The van der Waals surface area contributed by atoms with Crippen molar-refractivity contribution in [1.29, 1.82) is 0 Å². The molecule has 3 aromatic rings. The van der Waals surface area contributed by atoms with Crippen molar-refractivity contribution in [2.24, 2.45) is 5.92 Å². The molecule has 0 bridgehead atoms. The molecule has 1 unspecified atom stereocenters. The number of aromatic nitrogens is 2. The van der Waals surface area contributed by atoms with Gasteiger partial charge in [-0.1, -0.05) is 49.1 Å². The third kappa shape index (κ3) is 4.37. The van der Waals surface area contributed by atoms with Crippen LogP contribution in [0, 0.1) is 11.7 Å². The van der Waals surface area contributed by atoms with E-state index in [4.69, 9.17) is 17.2 Å². The van der Waals surface area contributed by atoms with Crippen LogP contribution in [0.25, 0.3) is 11.7 Å². The summed E-state index contributed by atoms with van der Waals surface area (Å²) in [5.74, 6) is 0.491. The number of carbonyl (C=O) groups excluding carboxylic acids is 1. The van der Waals surface area contributed by atoms with E-state index >= 15 is 0 Å². The number of amides is 1. The van der Waals surface area contributed by atoms with E-state index in [0.717, 1.165) is 31.5 Å². The van der Waals surface area contributed by atoms with Gasteiger partial charge in [0, 0.05) is 19.3 Å². The Hall–Kier alpha value is -3.04. The molecule has 2 aliphatic heterocycles. The van der Waals surface area contributed by atoms with Gasteiger partial charge in [0.2, 0.25) is 0 Å². The number of carbonyl (C=O) groups is 1. The molecule has 34 heavy (non-hydrogen) atoms. The maximum Gasteiger partial charge on any atom is 0.267 e. The van der Waals surface area contributed by atoms with E-state index < -0.39 is 0 Å². The second-order valence-corrected chi connectivity index (χ2v) is 10.3. The summed E-state index contributed by atoms with van der Waals surface area (Å²) >= 11 is 6.63. The molecule has 6 nitrogen and oxygen atoms in total. The molecule has 0 saturated carbocycles. The summed E-state index contributed by atoms with van der Waals surface area (Å²) in [6, 6.07) is 11.4. The van der Waals surface area contributed by atoms with Crippen LogP contribution in [-0.2, 0) is 11.3 Å². The van der Waals surface area contributed by atoms with Crippen LogP contribution in [0.4, 0.5) is 10.2 Å². The SMILES string of the molecule is CC1CCCN(c2nc3ccccn3c(=O)c2C=C2SC(=S)N(Cc3ccc(F)cc3)C2=O)C1. The molecule has 1 atom stereocenters. The quantitative estimate of drug-likeness (QED) is 0.394. The third-order valence-corrected chi connectivity index (χ3v) is 7.49. The van der Waals surface area contributed by atoms with Crippen LogP contribution in [0.2, 0.25) is 0 Å². The van der Waals surface area contributed by atoms with Gasteiger partial charge in [0.15, 0.2) is 0 Å². The first kappa shape index (κ1) is 22.7. The first-order valence-corrected chi connectivity index (χ1v) is 12.4. The van der Waals surface area contributed by atoms with Crippen molar-refractivity contribution in [3.8, 4) is 0 Å². The van der Waals surface area contributed by atoms with Crippen molar-refractivity contribution in [1.82, 2.24) is 14.3 Å². The molecule has 0 N–H and O–H groups in total. The highest BCUT2D eigenvalue weighted by molar-refractivity contribution is 8.26. The van der Waals surface area contributed by atoms with Gasteiger partial charge in [-0.25, -0.2) is 9.37 Å². The second-order valence-electron chi connectivity index (χ2n) is 8.67. The zero-order chi connectivity index (χ0) is 23.8. The summed E-state index contributed by atoms with van der Waals surface area (Å²) in [4.78, 5) is 35.6. The van der Waals surface area contributed by atoms with Crippen LogP contribution in [0.5, 0.6) is 0 Å². The highest BCUT2D eigenvalue weighted by atomic mass is 32.2. The van der Waals surface area contributed by atoms with E-state index in [1.807, 2.05) is 12.1 Å². The monoisotopic (exact) mass is 494 g/mol. The minimum Gasteiger partial charge on any atom is -0.356 e. The zero-order valence-electron chi connectivity index (χ0n) is 18.6. The van der Waals surface area contributed by atoms with Gasteiger partial charge in [0.05, 0.1) is 17.0 Å². The maximum atomic E-state index is 13.5. The van der Waals surface area contributed by atoms with Gasteiger partial charge in [0.25, 0.3) is 11.5 Å². The van der Waals surface area contributed by atoms with Crippen LogP contribution < -0.4 is 10.5 Å². The van der Waals surface area contributed by atoms with E-state index in [1.54, 1.807) is 30.5 Å². The lowest BCUT2D eigenvalue weighted by atomic mass is 10.00. The van der Waals surface area contributed by atoms with Gasteiger partial charge in [-0.15, -0.1) is 0 Å². The smallest absolute Gasteiger partial charge is 0.267 e. The molecule has 0 radical (unpaired) electrons. The number of thioether (sulfide) groups is 1. The Labute approximate surface area is 206 Å². The van der Waals surface area contributed by atoms with E-state index in [2.05, 4.69) is 11.8 Å². The molecular formula is C25H23FN4O2S2. The van der Waals surface area contributed by atoms with Crippen molar-refractivity contribution >= 4 is 51.7 Å². The number of hydrogen-bond donors (Lipinski definition) is 0. The number of pyridine rings is 1. The van der Waals surface area contributed by atoms with Gasteiger partial charge in [-0.05, 0) is 54.7 Å². The van der Waals surface area contributed by atoms with E-state index in [0.29, 0.717) is 32.2 Å². The largest absolute Gasteiger partial charge is 0.356 e. The van der Waals surface area contributed by atoms with Crippen LogP contribution in [0.1, 0.15) is 30.9 Å². The summed E-state index contributed by atoms with van der Waals surface area (Å²) < 4.78 is 15.2. The van der Waals surface area contributed by atoms with Crippen molar-refractivity contribution in [3.05, 3.63) is 80.9 Å². The van der Waals surface area contributed by atoms with Crippen LogP contribution in [0.3, 0.4) is 0 Å².